The summed E-state index contributed by atoms with van der Waals surface area (Å²) in [6.45, 7) is 1.25. The summed E-state index contributed by atoms with van der Waals surface area (Å²) in [7, 11) is 1.49. The molecule has 8 heteroatoms. The molecule has 0 N–H and O–H groups in total. The number of carbonyl (C=O) groups is 1. The molecule has 0 radical (unpaired) electrons. The van der Waals surface area contributed by atoms with E-state index < -0.39 is 10.0 Å². The molecule has 0 amide bonds. The number of hydrogen-bond donors (Lipinski definition) is 0. The van der Waals surface area contributed by atoms with Gasteiger partial charge in [0.05, 0.1) is 17.9 Å². The minimum absolute atomic E-state index is 0.123. The van der Waals surface area contributed by atoms with Gasteiger partial charge in [0.1, 0.15) is 6.61 Å². The smallest absolute Gasteiger partial charge is 0.338 e. The number of aryl methyl sites for hydroxylation is 2. The first kappa shape index (κ1) is 21.8. The van der Waals surface area contributed by atoms with Gasteiger partial charge in [-0.2, -0.15) is 0 Å². The number of rotatable bonds is 9. The van der Waals surface area contributed by atoms with Crippen LogP contribution in [0, 0.1) is 0 Å². The van der Waals surface area contributed by atoms with E-state index in [-0.39, 0.29) is 18.3 Å². The molecule has 0 saturated carbocycles. The van der Waals surface area contributed by atoms with Crippen LogP contribution < -0.4 is 0 Å². The molecule has 1 aliphatic rings. The molecule has 1 aromatic heterocycles. The molecule has 0 unspecified atom stereocenters. The highest BCUT2D eigenvalue weighted by Crippen LogP contribution is 2.33. The van der Waals surface area contributed by atoms with Crippen molar-refractivity contribution in [2.45, 2.75) is 38.6 Å². The highest BCUT2D eigenvalue weighted by molar-refractivity contribution is 7.89. The number of methoxy groups -OCH3 is 1. The molecule has 0 atom stereocenters. The molecule has 0 saturated heterocycles. The van der Waals surface area contributed by atoms with Crippen LogP contribution in [0.1, 0.15) is 40.9 Å². The SMILES string of the molecule is COCCOC(=O)c1ccc2c(c1)c1c(n2CCCS(=O)(=O)N(C)C)CCCC1. The van der Waals surface area contributed by atoms with Crippen LogP contribution in [0.25, 0.3) is 10.9 Å². The predicted molar refractivity (Wildman–Crippen MR) is 113 cm³/mol. The van der Waals surface area contributed by atoms with E-state index in [1.807, 2.05) is 12.1 Å². The fraction of sp³-hybridized carbons (Fsp3) is 0.571. The Morgan fingerprint density at radius 1 is 1.17 bits per heavy atom. The first-order valence-corrected chi connectivity index (χ1v) is 11.7. The Hall–Kier alpha value is -1.90. The quantitative estimate of drug-likeness (QED) is 0.459. The van der Waals surface area contributed by atoms with Crippen LogP contribution in [-0.4, -0.2) is 63.4 Å². The number of sulfonamides is 1. The fourth-order valence-electron chi connectivity index (χ4n) is 3.91. The van der Waals surface area contributed by atoms with Crippen molar-refractivity contribution in [2.24, 2.45) is 0 Å². The maximum atomic E-state index is 12.3. The zero-order chi connectivity index (χ0) is 21.0. The van der Waals surface area contributed by atoms with Crippen LogP contribution in [0.2, 0.25) is 0 Å². The number of nitrogens with zero attached hydrogens (tertiary/aromatic N) is 2. The Balaban J connectivity index is 1.87. The van der Waals surface area contributed by atoms with Crippen molar-refractivity contribution < 1.29 is 22.7 Å². The van der Waals surface area contributed by atoms with Gasteiger partial charge in [-0.3, -0.25) is 0 Å². The zero-order valence-electron chi connectivity index (χ0n) is 17.4. The first-order chi connectivity index (χ1) is 13.8. The van der Waals surface area contributed by atoms with Gasteiger partial charge in [0.25, 0.3) is 0 Å². The van der Waals surface area contributed by atoms with Crippen molar-refractivity contribution in [3.8, 4) is 0 Å². The van der Waals surface area contributed by atoms with E-state index in [1.165, 1.54) is 15.6 Å². The topological polar surface area (TPSA) is 77.8 Å². The number of fused-ring (bicyclic) bond motifs is 3. The van der Waals surface area contributed by atoms with E-state index in [9.17, 15) is 13.2 Å². The zero-order valence-corrected chi connectivity index (χ0v) is 18.3. The summed E-state index contributed by atoms with van der Waals surface area (Å²) in [5.74, 6) is -0.225. The fourth-order valence-corrected chi connectivity index (χ4v) is 4.77. The van der Waals surface area contributed by atoms with Crippen molar-refractivity contribution in [1.29, 1.82) is 0 Å². The average Bonchev–Trinajstić information content (AvgIpc) is 3.01. The van der Waals surface area contributed by atoms with Crippen molar-refractivity contribution in [3.05, 3.63) is 35.0 Å². The van der Waals surface area contributed by atoms with Crippen LogP contribution in [-0.2, 0) is 38.9 Å². The van der Waals surface area contributed by atoms with Crippen molar-refractivity contribution >= 4 is 26.9 Å². The maximum Gasteiger partial charge on any atom is 0.338 e. The molecule has 3 rings (SSSR count). The minimum Gasteiger partial charge on any atom is -0.460 e. The molecule has 2 aromatic rings. The number of ether oxygens (including phenoxy) is 2. The van der Waals surface area contributed by atoms with Gasteiger partial charge in [-0.1, -0.05) is 0 Å². The monoisotopic (exact) mass is 422 g/mol. The molecule has 0 bridgehead atoms. The summed E-state index contributed by atoms with van der Waals surface area (Å²) < 4.78 is 37.9. The van der Waals surface area contributed by atoms with E-state index in [1.54, 1.807) is 27.3 Å². The van der Waals surface area contributed by atoms with Gasteiger partial charge in [0, 0.05) is 44.3 Å². The molecular weight excluding hydrogens is 392 g/mol. The summed E-state index contributed by atoms with van der Waals surface area (Å²) in [6.07, 6.45) is 4.78. The van der Waals surface area contributed by atoms with Crippen molar-refractivity contribution in [1.82, 2.24) is 8.87 Å². The lowest BCUT2D eigenvalue weighted by Crippen LogP contribution is -2.25. The molecule has 7 nitrogen and oxygen atoms in total. The summed E-state index contributed by atoms with van der Waals surface area (Å²) >= 11 is 0. The van der Waals surface area contributed by atoms with Gasteiger partial charge in [0.2, 0.25) is 10.0 Å². The minimum atomic E-state index is -3.21. The number of benzene rings is 1. The Kier molecular flexibility index (Phi) is 6.97. The summed E-state index contributed by atoms with van der Waals surface area (Å²) in [4.78, 5) is 12.3. The van der Waals surface area contributed by atoms with Crippen LogP contribution in [0.3, 0.4) is 0 Å². The van der Waals surface area contributed by atoms with E-state index in [4.69, 9.17) is 9.47 Å². The van der Waals surface area contributed by atoms with Crippen LogP contribution in [0.15, 0.2) is 18.2 Å². The van der Waals surface area contributed by atoms with Gasteiger partial charge in [-0.25, -0.2) is 17.5 Å². The molecule has 1 heterocycles. The molecule has 1 aromatic carbocycles. The van der Waals surface area contributed by atoms with Gasteiger partial charge < -0.3 is 14.0 Å². The normalized spacial score (nSPS) is 14.3. The molecule has 0 fully saturated rings. The predicted octanol–water partition coefficient (Wildman–Crippen LogP) is 2.60. The second kappa shape index (κ2) is 9.28. The molecule has 29 heavy (non-hydrogen) atoms. The average molecular weight is 423 g/mol. The summed E-state index contributed by atoms with van der Waals surface area (Å²) in [5.41, 5.74) is 4.16. The second-order valence-electron chi connectivity index (χ2n) is 7.60. The number of carbonyl (C=O) groups excluding carboxylic acids is 1. The summed E-state index contributed by atoms with van der Waals surface area (Å²) in [6, 6.07) is 5.67. The lowest BCUT2D eigenvalue weighted by Gasteiger charge is -2.16. The standard InChI is InChI=1S/C21H30N2O5S/c1-22(2)29(25,26)14-6-11-23-19-8-5-4-7-17(19)18-15-16(9-10-20(18)23)21(24)28-13-12-27-3/h9-10,15H,4-8,11-14H2,1-3H3. The number of esters is 1. The van der Waals surface area contributed by atoms with Gasteiger partial charge in [-0.15, -0.1) is 0 Å². The highest BCUT2D eigenvalue weighted by Gasteiger charge is 2.22. The van der Waals surface area contributed by atoms with Crippen LogP contribution >= 0.6 is 0 Å². The summed E-state index contributed by atoms with van der Waals surface area (Å²) in [5, 5.41) is 1.08. The van der Waals surface area contributed by atoms with Crippen molar-refractivity contribution in [3.63, 3.8) is 0 Å². The third-order valence-corrected chi connectivity index (χ3v) is 7.39. The Morgan fingerprint density at radius 2 is 1.93 bits per heavy atom. The Bertz CT molecular complexity index is 979. The third kappa shape index (κ3) is 4.82. The van der Waals surface area contributed by atoms with Crippen LogP contribution in [0.4, 0.5) is 0 Å². The number of aromatic nitrogens is 1. The number of hydrogen-bond acceptors (Lipinski definition) is 5. The second-order valence-corrected chi connectivity index (χ2v) is 9.90. The third-order valence-electron chi connectivity index (χ3n) is 5.47. The lowest BCUT2D eigenvalue weighted by molar-refractivity contribution is 0.0388. The molecule has 0 aliphatic heterocycles. The Labute approximate surface area is 172 Å². The van der Waals surface area contributed by atoms with E-state index in [2.05, 4.69) is 4.57 Å². The van der Waals surface area contributed by atoms with Gasteiger partial charge >= 0.3 is 5.97 Å². The Morgan fingerprint density at radius 3 is 2.66 bits per heavy atom. The first-order valence-electron chi connectivity index (χ1n) is 10.1. The largest absolute Gasteiger partial charge is 0.460 e. The van der Waals surface area contributed by atoms with E-state index in [0.717, 1.165) is 36.6 Å². The van der Waals surface area contributed by atoms with E-state index >= 15 is 0 Å². The van der Waals surface area contributed by atoms with Gasteiger partial charge in [-0.05, 0) is 55.9 Å². The van der Waals surface area contributed by atoms with Gasteiger partial charge in [0.15, 0.2) is 0 Å². The van der Waals surface area contributed by atoms with Crippen molar-refractivity contribution in [2.75, 3.05) is 40.2 Å². The van der Waals surface area contributed by atoms with Crippen LogP contribution in [0.5, 0.6) is 0 Å². The molecule has 0 spiro atoms. The lowest BCUT2D eigenvalue weighted by atomic mass is 9.95. The molecule has 1 aliphatic carbocycles. The molecular formula is C21H30N2O5S. The van der Waals surface area contributed by atoms with E-state index in [0.29, 0.717) is 25.1 Å². The highest BCUT2D eigenvalue weighted by atomic mass is 32.2. The molecule has 160 valence electrons. The maximum absolute atomic E-state index is 12.3.